The quantitative estimate of drug-likeness (QED) is 0.224. The molecule has 59 heavy (non-hydrogen) atoms. The number of aryl methyl sites for hydroxylation is 1. The molecule has 0 spiro atoms. The average molecular weight is 769 g/mol. The summed E-state index contributed by atoms with van der Waals surface area (Å²) in [5.41, 5.74) is 18.9. The molecule has 7 aliphatic rings. The van der Waals surface area contributed by atoms with Gasteiger partial charge in [-0.15, -0.1) is 0 Å². The largest absolute Gasteiger partial charge is 0.357 e. The van der Waals surface area contributed by atoms with Gasteiger partial charge in [-0.05, 0) is 110 Å². The Morgan fingerprint density at radius 3 is 2.20 bits per heavy atom. The van der Waals surface area contributed by atoms with E-state index in [2.05, 4.69) is 151 Å². The van der Waals surface area contributed by atoms with E-state index in [0.29, 0.717) is 5.92 Å². The lowest BCUT2D eigenvalue weighted by atomic mass is 9.74. The molecule has 3 atom stereocenters. The molecule has 4 nitrogen and oxygen atoms in total. The Morgan fingerprint density at radius 2 is 1.46 bits per heavy atom. The number of aromatic nitrogens is 2. The van der Waals surface area contributed by atoms with E-state index >= 15 is 0 Å². The molecule has 6 aliphatic carbocycles. The Kier molecular flexibility index (Phi) is 10.5. The third-order valence-electron chi connectivity index (χ3n) is 13.1. The first-order valence-corrected chi connectivity index (χ1v) is 21.9. The second kappa shape index (κ2) is 16.6. The zero-order valence-electron chi connectivity index (χ0n) is 33.8. The highest BCUT2D eigenvalue weighted by Gasteiger charge is 2.33. The molecule has 0 amide bonds. The summed E-state index contributed by atoms with van der Waals surface area (Å²) in [4.78, 5) is 10.3. The van der Waals surface area contributed by atoms with Crippen molar-refractivity contribution in [3.63, 3.8) is 0 Å². The van der Waals surface area contributed by atoms with Crippen molar-refractivity contribution in [2.45, 2.75) is 82.5 Å². The van der Waals surface area contributed by atoms with Crippen LogP contribution < -0.4 is 5.32 Å². The van der Waals surface area contributed by atoms with Crippen LogP contribution in [0.3, 0.4) is 0 Å². The van der Waals surface area contributed by atoms with Crippen LogP contribution in [0, 0.1) is 11.3 Å². The lowest BCUT2D eigenvalue weighted by Crippen LogP contribution is -2.31. The second-order valence-electron chi connectivity index (χ2n) is 16.8. The smallest absolute Gasteiger partial charge is 0.136 e. The fourth-order valence-corrected chi connectivity index (χ4v) is 9.98. The van der Waals surface area contributed by atoms with Gasteiger partial charge < -0.3 is 10.7 Å². The van der Waals surface area contributed by atoms with E-state index in [1.165, 1.54) is 80.1 Å². The number of hydrogen-bond acceptors (Lipinski definition) is 4. The molecule has 0 bridgehead atoms. The van der Waals surface area contributed by atoms with Crippen LogP contribution in [0.1, 0.15) is 104 Å². The molecule has 0 fully saturated rings. The zero-order valence-corrected chi connectivity index (χ0v) is 33.8. The van der Waals surface area contributed by atoms with E-state index in [0.717, 1.165) is 80.4 Å². The Balaban J connectivity index is 0.880. The fourth-order valence-electron chi connectivity index (χ4n) is 9.98. The van der Waals surface area contributed by atoms with Crippen molar-refractivity contribution in [1.82, 2.24) is 15.3 Å². The standard InChI is InChI=1S/C55H52N4/c56-36-49(41-14-4-1-5-15-41)54-47-21-11-10-20-46(47)51(53(58-54)44-18-8-3-9-19-44)42-32-28-39(29-33-42)37-24-26-38(27-25-37)40-30-34-45(35-31-40)55-57-50-23-13-12-22-48(50)52(59-55)43-16-6-2-7-17-43/h1-4,6-9,12,14,16-18,22,24-28,30-34,36,39,44-45,56,58H,5,10-11,13,15,19-21,23,29,35H2/b54-49+,56-36?. The molecule has 0 saturated heterocycles. The van der Waals surface area contributed by atoms with Gasteiger partial charge in [0.25, 0.3) is 0 Å². The van der Waals surface area contributed by atoms with Crippen LogP contribution in [0.15, 0.2) is 184 Å². The molecule has 10 rings (SSSR count). The van der Waals surface area contributed by atoms with Crippen LogP contribution in [-0.2, 0) is 6.42 Å². The van der Waals surface area contributed by atoms with Crippen LogP contribution in [0.2, 0.25) is 0 Å². The number of nitrogens with one attached hydrogen (secondary N) is 2. The van der Waals surface area contributed by atoms with Crippen molar-refractivity contribution >= 4 is 17.9 Å². The third-order valence-corrected chi connectivity index (χ3v) is 13.1. The number of benzene rings is 2. The summed E-state index contributed by atoms with van der Waals surface area (Å²) < 4.78 is 0. The monoisotopic (exact) mass is 768 g/mol. The Morgan fingerprint density at radius 1 is 0.661 bits per heavy atom. The van der Waals surface area contributed by atoms with E-state index in [1.54, 1.807) is 6.21 Å². The van der Waals surface area contributed by atoms with Crippen molar-refractivity contribution in [1.29, 1.82) is 5.41 Å². The predicted octanol–water partition coefficient (Wildman–Crippen LogP) is 13.2. The Labute approximate surface area is 349 Å². The van der Waals surface area contributed by atoms with Gasteiger partial charge >= 0.3 is 0 Å². The van der Waals surface area contributed by atoms with Gasteiger partial charge in [0.1, 0.15) is 5.82 Å². The van der Waals surface area contributed by atoms with Crippen molar-refractivity contribution in [3.8, 4) is 11.3 Å². The van der Waals surface area contributed by atoms with E-state index in [4.69, 9.17) is 15.4 Å². The summed E-state index contributed by atoms with van der Waals surface area (Å²) in [6.07, 6.45) is 47.4. The maximum absolute atomic E-state index is 8.58. The lowest BCUT2D eigenvalue weighted by Gasteiger charge is -2.37. The van der Waals surface area contributed by atoms with Gasteiger partial charge in [-0.1, -0.05) is 146 Å². The minimum Gasteiger partial charge on any atom is -0.357 e. The first-order valence-electron chi connectivity index (χ1n) is 21.9. The summed E-state index contributed by atoms with van der Waals surface area (Å²) in [7, 11) is 0. The van der Waals surface area contributed by atoms with Crippen LogP contribution in [0.5, 0.6) is 0 Å². The van der Waals surface area contributed by atoms with Crippen LogP contribution >= 0.6 is 0 Å². The summed E-state index contributed by atoms with van der Waals surface area (Å²) in [5, 5.41) is 12.6. The van der Waals surface area contributed by atoms with E-state index in [9.17, 15) is 0 Å². The third kappa shape index (κ3) is 7.42. The topological polar surface area (TPSA) is 61.7 Å². The van der Waals surface area contributed by atoms with Crippen LogP contribution in [-0.4, -0.2) is 16.2 Å². The van der Waals surface area contributed by atoms with Crippen molar-refractivity contribution in [2.75, 3.05) is 0 Å². The fraction of sp³-hybridized carbons (Fsp3) is 0.255. The molecular formula is C55H52N4. The Bertz CT molecular complexity index is 2560. The average Bonchev–Trinajstić information content (AvgIpc) is 3.32. The summed E-state index contributed by atoms with van der Waals surface area (Å²) in [6.45, 7) is 0. The molecule has 0 radical (unpaired) electrons. The SMILES string of the molecule is N=C/C(C1=CC=CCC1)=C1\NC(C2C=CC=CC2)=C(C2=CCC(c3ccc(C4=CCC(c5nc6c(c(-c7ccccc7)n5)C=CCC6)C=C4)cc3)C=C2)C2=C1CCCC2. The first-order chi connectivity index (χ1) is 29.2. The minimum atomic E-state index is 0.165. The lowest BCUT2D eigenvalue weighted by molar-refractivity contribution is 0.627. The molecule has 292 valence electrons. The Hall–Kier alpha value is -6.13. The second-order valence-corrected chi connectivity index (χ2v) is 16.8. The van der Waals surface area contributed by atoms with Crippen molar-refractivity contribution in [3.05, 3.63) is 213 Å². The minimum absolute atomic E-state index is 0.165. The normalized spacial score (nSPS) is 24.2. The van der Waals surface area contributed by atoms with Gasteiger partial charge in [0, 0.05) is 51.9 Å². The van der Waals surface area contributed by atoms with E-state index in [1.807, 2.05) is 0 Å². The number of nitrogens with zero attached hydrogens (tertiary/aromatic N) is 2. The molecule has 4 heteroatoms. The number of allylic oxidation sites excluding steroid dienone is 21. The number of hydrogen-bond donors (Lipinski definition) is 2. The van der Waals surface area contributed by atoms with Gasteiger partial charge in [0.2, 0.25) is 0 Å². The molecule has 2 N–H and O–H groups in total. The van der Waals surface area contributed by atoms with Crippen molar-refractivity contribution < 1.29 is 0 Å². The van der Waals surface area contributed by atoms with Crippen LogP contribution in [0.4, 0.5) is 0 Å². The highest BCUT2D eigenvalue weighted by atomic mass is 14.9. The highest BCUT2D eigenvalue weighted by molar-refractivity contribution is 5.86. The van der Waals surface area contributed by atoms with Gasteiger partial charge in [-0.25, -0.2) is 9.97 Å². The molecular weight excluding hydrogens is 717 g/mol. The van der Waals surface area contributed by atoms with E-state index in [-0.39, 0.29) is 11.8 Å². The summed E-state index contributed by atoms with van der Waals surface area (Å²) in [5.74, 6) is 1.71. The molecule has 3 unspecified atom stereocenters. The molecule has 0 saturated carbocycles. The zero-order chi connectivity index (χ0) is 39.5. The number of fused-ring (bicyclic) bond motifs is 1. The van der Waals surface area contributed by atoms with Gasteiger partial charge in [-0.2, -0.15) is 0 Å². The maximum atomic E-state index is 8.58. The van der Waals surface area contributed by atoms with Crippen molar-refractivity contribution in [2.24, 2.45) is 5.92 Å². The molecule has 1 aliphatic heterocycles. The first kappa shape index (κ1) is 37.2. The van der Waals surface area contributed by atoms with Gasteiger partial charge in [0.15, 0.2) is 0 Å². The molecule has 2 aromatic carbocycles. The molecule has 3 aromatic rings. The van der Waals surface area contributed by atoms with Crippen LogP contribution in [0.25, 0.3) is 22.9 Å². The summed E-state index contributed by atoms with van der Waals surface area (Å²) in [6, 6.07) is 19.8. The highest BCUT2D eigenvalue weighted by Crippen LogP contribution is 2.46. The molecule has 2 heterocycles. The summed E-state index contributed by atoms with van der Waals surface area (Å²) >= 11 is 0. The predicted molar refractivity (Wildman–Crippen MR) is 245 cm³/mol. The number of dihydropyridines is 1. The maximum Gasteiger partial charge on any atom is 0.136 e. The van der Waals surface area contributed by atoms with E-state index < -0.39 is 0 Å². The number of rotatable bonds is 8. The van der Waals surface area contributed by atoms with Gasteiger partial charge in [0.05, 0.1) is 17.1 Å². The molecule has 1 aromatic heterocycles. The van der Waals surface area contributed by atoms with Gasteiger partial charge in [-0.3, -0.25) is 0 Å².